The van der Waals surface area contributed by atoms with Crippen molar-refractivity contribution in [3.63, 3.8) is 0 Å². The van der Waals surface area contributed by atoms with Gasteiger partial charge in [-0.2, -0.15) is 0 Å². The molecular formula is C16H22O3. The smallest absolute Gasteiger partial charge is 0.331 e. The van der Waals surface area contributed by atoms with Crippen molar-refractivity contribution in [3.05, 3.63) is 11.1 Å². The first-order valence-electron chi connectivity index (χ1n) is 7.37. The van der Waals surface area contributed by atoms with Gasteiger partial charge in [-0.1, -0.05) is 0 Å². The predicted molar refractivity (Wildman–Crippen MR) is 71.6 cm³/mol. The molecule has 0 aromatic carbocycles. The van der Waals surface area contributed by atoms with Gasteiger partial charge in [-0.3, -0.25) is 4.79 Å². The van der Waals surface area contributed by atoms with E-state index in [-0.39, 0.29) is 16.8 Å². The Morgan fingerprint density at radius 2 is 1.32 bits per heavy atom. The Hall–Kier alpha value is -1.12. The van der Waals surface area contributed by atoms with Gasteiger partial charge in [0.05, 0.1) is 0 Å². The molecule has 0 radical (unpaired) electrons. The van der Waals surface area contributed by atoms with E-state index in [2.05, 4.69) is 0 Å². The van der Waals surface area contributed by atoms with Gasteiger partial charge in [-0.05, 0) is 70.1 Å². The van der Waals surface area contributed by atoms with Crippen LogP contribution in [-0.4, -0.2) is 16.9 Å². The van der Waals surface area contributed by atoms with Crippen LogP contribution in [0.1, 0.15) is 52.4 Å². The predicted octanol–water partition coefficient (Wildman–Crippen LogP) is 3.19. The number of hydrogen-bond donors (Lipinski definition) is 1. The molecule has 0 amide bonds. The van der Waals surface area contributed by atoms with Crippen molar-refractivity contribution in [3.8, 4) is 0 Å². The molecule has 0 aromatic rings. The lowest BCUT2D eigenvalue weighted by Gasteiger charge is -2.56. The molecule has 0 unspecified atom stereocenters. The van der Waals surface area contributed by atoms with Crippen LogP contribution in [0.4, 0.5) is 0 Å². The van der Waals surface area contributed by atoms with Crippen LogP contribution in [0.2, 0.25) is 0 Å². The lowest BCUT2D eigenvalue weighted by atomic mass is 9.48. The average Bonchev–Trinajstić information content (AvgIpc) is 2.34. The fourth-order valence-electron chi connectivity index (χ4n) is 5.12. The third kappa shape index (κ3) is 1.94. The van der Waals surface area contributed by atoms with E-state index in [0.29, 0.717) is 23.3 Å². The van der Waals surface area contributed by atoms with Gasteiger partial charge in [-0.25, -0.2) is 4.79 Å². The number of aliphatic carboxylic acids is 1. The number of rotatable bonds is 3. The van der Waals surface area contributed by atoms with E-state index in [1.807, 2.05) is 0 Å². The Morgan fingerprint density at radius 1 is 0.895 bits per heavy atom. The van der Waals surface area contributed by atoms with Crippen LogP contribution in [0.5, 0.6) is 0 Å². The van der Waals surface area contributed by atoms with Gasteiger partial charge in [0.1, 0.15) is 0 Å². The molecule has 0 heterocycles. The highest BCUT2D eigenvalue weighted by atomic mass is 16.4. The zero-order chi connectivity index (χ0) is 13.8. The molecule has 4 fully saturated rings. The molecule has 0 saturated heterocycles. The van der Waals surface area contributed by atoms with Crippen LogP contribution < -0.4 is 0 Å². The molecule has 4 saturated carbocycles. The molecule has 1 N–H and O–H groups in total. The normalized spacial score (nSPS) is 41.1. The summed E-state index contributed by atoms with van der Waals surface area (Å²) in [5.41, 5.74) is 0.491. The van der Waals surface area contributed by atoms with Crippen molar-refractivity contribution in [1.82, 2.24) is 0 Å². The fraction of sp³-hybridized carbons (Fsp3) is 0.750. The van der Waals surface area contributed by atoms with Crippen LogP contribution >= 0.6 is 0 Å². The topological polar surface area (TPSA) is 54.4 Å². The molecule has 3 nitrogen and oxygen atoms in total. The monoisotopic (exact) mass is 262 g/mol. The van der Waals surface area contributed by atoms with Crippen LogP contribution in [0.15, 0.2) is 11.1 Å². The van der Waals surface area contributed by atoms with E-state index < -0.39 is 5.97 Å². The van der Waals surface area contributed by atoms with E-state index in [9.17, 15) is 9.59 Å². The van der Waals surface area contributed by atoms with Crippen LogP contribution in [0.3, 0.4) is 0 Å². The molecule has 19 heavy (non-hydrogen) atoms. The van der Waals surface area contributed by atoms with E-state index in [1.165, 1.54) is 19.3 Å². The molecule has 4 aliphatic rings. The summed E-state index contributed by atoms with van der Waals surface area (Å²) >= 11 is 0. The molecule has 4 aliphatic carbocycles. The SMILES string of the molecule is C/C(C(=O)O)=C(/C)C(=O)C12CC3CC(CC(C3)C1)C2. The first-order valence-corrected chi connectivity index (χ1v) is 7.37. The summed E-state index contributed by atoms with van der Waals surface area (Å²) in [5.74, 6) is 1.32. The molecule has 0 aliphatic heterocycles. The van der Waals surface area contributed by atoms with Crippen LogP contribution in [0, 0.1) is 23.2 Å². The van der Waals surface area contributed by atoms with Gasteiger partial charge in [0.25, 0.3) is 0 Å². The van der Waals surface area contributed by atoms with Crippen LogP contribution in [-0.2, 0) is 9.59 Å². The molecule has 4 rings (SSSR count). The molecule has 4 bridgehead atoms. The zero-order valence-corrected chi connectivity index (χ0v) is 11.7. The van der Waals surface area contributed by atoms with E-state index >= 15 is 0 Å². The average molecular weight is 262 g/mol. The summed E-state index contributed by atoms with van der Waals surface area (Å²) in [4.78, 5) is 23.9. The van der Waals surface area contributed by atoms with E-state index in [0.717, 1.165) is 19.3 Å². The van der Waals surface area contributed by atoms with Crippen LogP contribution in [0.25, 0.3) is 0 Å². The minimum Gasteiger partial charge on any atom is -0.478 e. The quantitative estimate of drug-likeness (QED) is 0.795. The highest BCUT2D eigenvalue weighted by molar-refractivity contribution is 6.05. The number of carbonyl (C=O) groups is 2. The van der Waals surface area contributed by atoms with Gasteiger partial charge < -0.3 is 5.11 Å². The Labute approximate surface area is 114 Å². The van der Waals surface area contributed by atoms with Crippen molar-refractivity contribution in [2.24, 2.45) is 23.2 Å². The lowest BCUT2D eigenvalue weighted by Crippen LogP contribution is -2.50. The largest absolute Gasteiger partial charge is 0.478 e. The second-order valence-corrected chi connectivity index (χ2v) is 7.08. The maximum absolute atomic E-state index is 12.8. The fourth-order valence-corrected chi connectivity index (χ4v) is 5.12. The minimum atomic E-state index is -0.962. The summed E-state index contributed by atoms with van der Waals surface area (Å²) in [7, 11) is 0. The minimum absolute atomic E-state index is 0.131. The summed E-state index contributed by atoms with van der Waals surface area (Å²) in [6, 6.07) is 0. The second kappa shape index (κ2) is 4.19. The first kappa shape index (κ1) is 12.9. The Morgan fingerprint density at radius 3 is 1.68 bits per heavy atom. The van der Waals surface area contributed by atoms with Gasteiger partial charge >= 0.3 is 5.97 Å². The number of carbonyl (C=O) groups excluding carboxylic acids is 1. The van der Waals surface area contributed by atoms with Crippen molar-refractivity contribution in [2.75, 3.05) is 0 Å². The molecule has 0 aromatic heterocycles. The summed E-state index contributed by atoms with van der Waals surface area (Å²) in [6.45, 7) is 3.25. The molecule has 104 valence electrons. The number of Topliss-reactive ketones (excluding diaryl/α,β-unsaturated/α-hetero) is 1. The van der Waals surface area contributed by atoms with Crippen molar-refractivity contribution < 1.29 is 14.7 Å². The third-order valence-electron chi connectivity index (χ3n) is 5.74. The first-order chi connectivity index (χ1) is 8.91. The standard InChI is InChI=1S/C16H22O3/c1-9(10(2)15(18)19)14(17)16-6-11-3-12(7-16)5-13(4-11)8-16/h11-13H,3-8H2,1-2H3,(H,18,19)/b10-9+. The number of carboxylic acids is 1. The third-order valence-corrected chi connectivity index (χ3v) is 5.74. The van der Waals surface area contributed by atoms with Crippen molar-refractivity contribution in [2.45, 2.75) is 52.4 Å². The second-order valence-electron chi connectivity index (χ2n) is 7.08. The van der Waals surface area contributed by atoms with Gasteiger partial charge in [0.15, 0.2) is 5.78 Å². The maximum Gasteiger partial charge on any atom is 0.331 e. The van der Waals surface area contributed by atoms with Gasteiger partial charge in [-0.15, -0.1) is 0 Å². The number of hydrogen-bond acceptors (Lipinski definition) is 2. The molecule has 0 atom stereocenters. The Balaban J connectivity index is 1.92. The van der Waals surface area contributed by atoms with Gasteiger partial charge in [0.2, 0.25) is 0 Å². The maximum atomic E-state index is 12.8. The van der Waals surface area contributed by atoms with Crippen molar-refractivity contribution in [1.29, 1.82) is 0 Å². The summed E-state index contributed by atoms with van der Waals surface area (Å²) in [6.07, 6.45) is 6.90. The Bertz CT molecular complexity index is 437. The lowest BCUT2D eigenvalue weighted by molar-refractivity contribution is -0.140. The summed E-state index contributed by atoms with van der Waals surface area (Å²) in [5, 5.41) is 9.07. The van der Waals surface area contributed by atoms with Gasteiger partial charge in [0, 0.05) is 16.6 Å². The van der Waals surface area contributed by atoms with Crippen molar-refractivity contribution >= 4 is 11.8 Å². The summed E-state index contributed by atoms with van der Waals surface area (Å²) < 4.78 is 0. The molecule has 3 heteroatoms. The number of carboxylic acid groups (broad SMARTS) is 1. The number of ketones is 1. The molecular weight excluding hydrogens is 240 g/mol. The zero-order valence-electron chi connectivity index (χ0n) is 11.7. The highest BCUT2D eigenvalue weighted by Crippen LogP contribution is 2.60. The van der Waals surface area contributed by atoms with E-state index in [4.69, 9.17) is 5.11 Å². The number of allylic oxidation sites excluding steroid dienone is 1. The molecule has 0 spiro atoms. The van der Waals surface area contributed by atoms with E-state index in [1.54, 1.807) is 13.8 Å². The Kier molecular flexibility index (Phi) is 2.84. The highest BCUT2D eigenvalue weighted by Gasteiger charge is 2.54.